The van der Waals surface area contributed by atoms with Crippen LogP contribution in [-0.4, -0.2) is 49.1 Å². The summed E-state index contributed by atoms with van der Waals surface area (Å²) in [4.78, 5) is 14.6. The lowest BCUT2D eigenvalue weighted by atomic mass is 9.90. The Morgan fingerprint density at radius 3 is 2.72 bits per heavy atom. The highest BCUT2D eigenvalue weighted by atomic mass is 16.2. The maximum Gasteiger partial charge on any atom is 0.240 e. The van der Waals surface area contributed by atoms with Gasteiger partial charge in [-0.1, -0.05) is 0 Å². The van der Waals surface area contributed by atoms with Crippen molar-refractivity contribution in [3.63, 3.8) is 0 Å². The second kappa shape index (κ2) is 6.53. The van der Waals surface area contributed by atoms with Crippen molar-refractivity contribution in [3.05, 3.63) is 0 Å². The van der Waals surface area contributed by atoms with Crippen LogP contribution in [0.5, 0.6) is 0 Å². The first-order valence-corrected chi connectivity index (χ1v) is 7.46. The summed E-state index contributed by atoms with van der Waals surface area (Å²) in [7, 11) is 0. The summed E-state index contributed by atoms with van der Waals surface area (Å²) in [6.45, 7) is 7.43. The zero-order valence-corrected chi connectivity index (χ0v) is 11.6. The maximum absolute atomic E-state index is 12.1. The summed E-state index contributed by atoms with van der Waals surface area (Å²) in [5.74, 6) is 0.184. The van der Waals surface area contributed by atoms with E-state index in [4.69, 9.17) is 0 Å². The van der Waals surface area contributed by atoms with Gasteiger partial charge in [0.2, 0.25) is 5.91 Å². The first-order chi connectivity index (χ1) is 8.71. The molecule has 0 aromatic heterocycles. The largest absolute Gasteiger partial charge is 0.354 e. The number of likely N-dealkylation sites (tertiary alicyclic amines) is 1. The second-order valence-corrected chi connectivity index (χ2v) is 5.87. The van der Waals surface area contributed by atoms with E-state index in [0.29, 0.717) is 0 Å². The molecule has 0 aromatic carbocycles. The van der Waals surface area contributed by atoms with E-state index < -0.39 is 0 Å². The van der Waals surface area contributed by atoms with Crippen LogP contribution in [0.2, 0.25) is 0 Å². The molecule has 0 aliphatic carbocycles. The summed E-state index contributed by atoms with van der Waals surface area (Å²) in [6.07, 6.45) is 7.07. The predicted molar refractivity (Wildman–Crippen MR) is 73.6 cm³/mol. The fraction of sp³-hybridized carbons (Fsp3) is 0.929. The number of piperidine rings is 1. The van der Waals surface area contributed by atoms with Gasteiger partial charge in [0.25, 0.3) is 0 Å². The molecule has 2 fully saturated rings. The highest BCUT2D eigenvalue weighted by Gasteiger charge is 2.33. The molecule has 1 amide bonds. The van der Waals surface area contributed by atoms with Gasteiger partial charge < -0.3 is 15.5 Å². The summed E-state index contributed by atoms with van der Waals surface area (Å²) >= 11 is 0. The normalized spacial score (nSPS) is 29.4. The Bertz CT molecular complexity index is 268. The lowest BCUT2D eigenvalue weighted by Crippen LogP contribution is -2.57. The third kappa shape index (κ3) is 3.69. The van der Waals surface area contributed by atoms with Gasteiger partial charge in [-0.25, -0.2) is 0 Å². The van der Waals surface area contributed by atoms with Gasteiger partial charge in [0.15, 0.2) is 0 Å². The van der Waals surface area contributed by atoms with Crippen molar-refractivity contribution in [2.45, 2.75) is 51.0 Å². The number of rotatable bonds is 5. The molecule has 104 valence electrons. The molecule has 18 heavy (non-hydrogen) atoms. The molecule has 2 aliphatic rings. The highest BCUT2D eigenvalue weighted by Crippen LogP contribution is 2.18. The van der Waals surface area contributed by atoms with E-state index in [1.807, 2.05) is 6.92 Å². The summed E-state index contributed by atoms with van der Waals surface area (Å²) in [6, 6.07) is 0. The number of carbonyl (C=O) groups is 1. The first-order valence-electron chi connectivity index (χ1n) is 7.46. The fourth-order valence-electron chi connectivity index (χ4n) is 2.96. The van der Waals surface area contributed by atoms with Crippen LogP contribution in [0.25, 0.3) is 0 Å². The third-order valence-electron chi connectivity index (χ3n) is 4.26. The molecule has 2 heterocycles. The van der Waals surface area contributed by atoms with Gasteiger partial charge in [-0.15, -0.1) is 0 Å². The van der Waals surface area contributed by atoms with Crippen molar-refractivity contribution in [3.8, 4) is 0 Å². The van der Waals surface area contributed by atoms with E-state index in [2.05, 4.69) is 15.5 Å². The smallest absolute Gasteiger partial charge is 0.240 e. The zero-order valence-electron chi connectivity index (χ0n) is 11.6. The lowest BCUT2D eigenvalue weighted by molar-refractivity contribution is -0.127. The number of hydrogen-bond acceptors (Lipinski definition) is 3. The van der Waals surface area contributed by atoms with Gasteiger partial charge in [-0.05, 0) is 71.6 Å². The van der Waals surface area contributed by atoms with Crippen LogP contribution in [0.15, 0.2) is 0 Å². The molecule has 0 saturated carbocycles. The molecule has 0 radical (unpaired) electrons. The van der Waals surface area contributed by atoms with Crippen LogP contribution in [0, 0.1) is 0 Å². The lowest BCUT2D eigenvalue weighted by Gasteiger charge is -2.33. The van der Waals surface area contributed by atoms with Crippen LogP contribution in [0.4, 0.5) is 0 Å². The Morgan fingerprint density at radius 1 is 1.28 bits per heavy atom. The molecule has 2 rings (SSSR count). The van der Waals surface area contributed by atoms with Crippen molar-refractivity contribution in [2.24, 2.45) is 0 Å². The average molecular weight is 253 g/mol. The van der Waals surface area contributed by atoms with Gasteiger partial charge in [-0.3, -0.25) is 4.79 Å². The quantitative estimate of drug-likeness (QED) is 0.722. The molecule has 1 atom stereocenters. The van der Waals surface area contributed by atoms with Crippen LogP contribution >= 0.6 is 0 Å². The fourth-order valence-corrected chi connectivity index (χ4v) is 2.96. The van der Waals surface area contributed by atoms with Gasteiger partial charge in [0.05, 0.1) is 5.54 Å². The number of carbonyl (C=O) groups excluding carboxylic acids is 1. The maximum atomic E-state index is 12.1. The number of hydrogen-bond donors (Lipinski definition) is 2. The Kier molecular flexibility index (Phi) is 5.01. The average Bonchev–Trinajstić information content (AvgIpc) is 2.88. The SMILES string of the molecule is CC1(C(=O)NCCCN2CCCC2)CCCCN1. The third-order valence-corrected chi connectivity index (χ3v) is 4.26. The molecular weight excluding hydrogens is 226 g/mol. The molecule has 0 spiro atoms. The summed E-state index contributed by atoms with van der Waals surface area (Å²) in [5, 5.41) is 6.44. The van der Waals surface area contributed by atoms with Crippen molar-refractivity contribution >= 4 is 5.91 Å². The van der Waals surface area contributed by atoms with Crippen molar-refractivity contribution in [1.82, 2.24) is 15.5 Å². The zero-order chi connectivity index (χ0) is 12.8. The van der Waals surface area contributed by atoms with Gasteiger partial charge in [0.1, 0.15) is 0 Å². The molecule has 2 N–H and O–H groups in total. The second-order valence-electron chi connectivity index (χ2n) is 5.87. The molecule has 1 unspecified atom stereocenters. The molecule has 0 aromatic rings. The molecule has 4 heteroatoms. The Balaban J connectivity index is 1.61. The van der Waals surface area contributed by atoms with Crippen LogP contribution in [0.3, 0.4) is 0 Å². The van der Waals surface area contributed by atoms with E-state index in [1.54, 1.807) is 0 Å². The summed E-state index contributed by atoms with van der Waals surface area (Å²) < 4.78 is 0. The minimum absolute atomic E-state index is 0.184. The summed E-state index contributed by atoms with van der Waals surface area (Å²) in [5.41, 5.74) is -0.327. The van der Waals surface area contributed by atoms with Crippen LogP contribution in [-0.2, 0) is 4.79 Å². The monoisotopic (exact) mass is 253 g/mol. The van der Waals surface area contributed by atoms with E-state index >= 15 is 0 Å². The van der Waals surface area contributed by atoms with Gasteiger partial charge >= 0.3 is 0 Å². The topological polar surface area (TPSA) is 44.4 Å². The van der Waals surface area contributed by atoms with Crippen molar-refractivity contribution in [2.75, 3.05) is 32.7 Å². The first kappa shape index (κ1) is 13.8. The Morgan fingerprint density at radius 2 is 2.06 bits per heavy atom. The predicted octanol–water partition coefficient (Wildman–Crippen LogP) is 1.12. The van der Waals surface area contributed by atoms with Gasteiger partial charge in [0, 0.05) is 6.54 Å². The molecule has 0 bridgehead atoms. The highest BCUT2D eigenvalue weighted by molar-refractivity contribution is 5.85. The molecule has 2 saturated heterocycles. The van der Waals surface area contributed by atoms with Gasteiger partial charge in [-0.2, -0.15) is 0 Å². The minimum Gasteiger partial charge on any atom is -0.354 e. The van der Waals surface area contributed by atoms with Crippen molar-refractivity contribution < 1.29 is 4.79 Å². The van der Waals surface area contributed by atoms with Crippen LogP contribution < -0.4 is 10.6 Å². The van der Waals surface area contributed by atoms with E-state index in [-0.39, 0.29) is 11.4 Å². The van der Waals surface area contributed by atoms with E-state index in [9.17, 15) is 4.79 Å². The van der Waals surface area contributed by atoms with E-state index in [1.165, 1.54) is 32.4 Å². The van der Waals surface area contributed by atoms with E-state index in [0.717, 1.165) is 38.9 Å². The Labute approximate surface area is 110 Å². The molecular formula is C14H27N3O. The number of amides is 1. The molecule has 2 aliphatic heterocycles. The Hall–Kier alpha value is -0.610. The number of nitrogens with zero attached hydrogens (tertiary/aromatic N) is 1. The number of nitrogens with one attached hydrogen (secondary N) is 2. The van der Waals surface area contributed by atoms with Crippen molar-refractivity contribution in [1.29, 1.82) is 0 Å². The minimum atomic E-state index is -0.327. The molecule has 4 nitrogen and oxygen atoms in total. The standard InChI is InChI=1S/C14H27N3O/c1-14(7-2-3-9-16-14)13(18)15-8-6-12-17-10-4-5-11-17/h16H,2-12H2,1H3,(H,15,18). The van der Waals surface area contributed by atoms with Crippen LogP contribution in [0.1, 0.15) is 45.4 Å².